The lowest BCUT2D eigenvalue weighted by Crippen LogP contribution is -2.59. The first-order valence-corrected chi connectivity index (χ1v) is 19.2. The van der Waals surface area contributed by atoms with Crippen LogP contribution in [0.2, 0.25) is 0 Å². The first-order chi connectivity index (χ1) is 25.2. The summed E-state index contributed by atoms with van der Waals surface area (Å²) in [5, 5.41) is 23.9. The maximum absolute atomic E-state index is 14.4. The maximum atomic E-state index is 14.4. The Bertz CT molecular complexity index is 1720. The molecule has 4 heterocycles. The Morgan fingerprint density at radius 3 is 2.60 bits per heavy atom. The van der Waals surface area contributed by atoms with Gasteiger partial charge in [0.2, 0.25) is 0 Å². The summed E-state index contributed by atoms with van der Waals surface area (Å²) in [5.41, 5.74) is 1.86. The third-order valence-electron chi connectivity index (χ3n) is 11.9. The van der Waals surface area contributed by atoms with Gasteiger partial charge in [0.15, 0.2) is 11.9 Å². The fraction of sp³-hybridized carbons (Fsp3) is 0.545. The van der Waals surface area contributed by atoms with Crippen LogP contribution in [0.15, 0.2) is 89.6 Å². The SMILES string of the molecule is CC[C@H](C)C1O[C@]2(C=C[C@@H]1C)CC1CC(C/C=C(\C)[C@@H](O)[C@@H](C)/C=C/C=C3\COC4[C@H](OC(=O)/C=C/c5ccccc5C)C(C)=CC(C(=O)O1)[C@]34O)O2. The van der Waals surface area contributed by atoms with Crippen molar-refractivity contribution in [3.8, 4) is 0 Å². The number of fused-ring (bicyclic) bond motifs is 2. The number of carbonyl (C=O) groups excluding carboxylic acids is 2. The smallest absolute Gasteiger partial charge is 0.331 e. The van der Waals surface area contributed by atoms with Crippen molar-refractivity contribution >= 4 is 18.0 Å². The van der Waals surface area contributed by atoms with Crippen molar-refractivity contribution in [3.63, 3.8) is 0 Å². The second-order valence-corrected chi connectivity index (χ2v) is 15.8. The summed E-state index contributed by atoms with van der Waals surface area (Å²) in [5.74, 6) is -3.22. The first kappa shape index (κ1) is 39.1. The zero-order valence-electron chi connectivity index (χ0n) is 32.1. The van der Waals surface area contributed by atoms with Crippen molar-refractivity contribution in [1.82, 2.24) is 0 Å². The maximum Gasteiger partial charge on any atom is 0.331 e. The third-order valence-corrected chi connectivity index (χ3v) is 11.9. The molecule has 9 heteroatoms. The van der Waals surface area contributed by atoms with Gasteiger partial charge in [-0.1, -0.05) is 94.8 Å². The molecule has 12 atom stereocenters. The number of ether oxygens (including phenoxy) is 5. The Morgan fingerprint density at radius 1 is 1.08 bits per heavy atom. The average Bonchev–Trinajstić information content (AvgIpc) is 3.47. The molecule has 4 aliphatic heterocycles. The molecule has 2 fully saturated rings. The van der Waals surface area contributed by atoms with Gasteiger partial charge in [0.1, 0.15) is 23.7 Å². The minimum absolute atomic E-state index is 0.00957. The number of hydrogen-bond acceptors (Lipinski definition) is 9. The van der Waals surface area contributed by atoms with Gasteiger partial charge in [-0.3, -0.25) is 4.79 Å². The molecule has 2 N–H and O–H groups in total. The molecule has 0 aromatic heterocycles. The van der Waals surface area contributed by atoms with E-state index in [4.69, 9.17) is 23.7 Å². The van der Waals surface area contributed by atoms with E-state index in [1.54, 1.807) is 31.2 Å². The number of benzene rings is 1. The van der Waals surface area contributed by atoms with Crippen molar-refractivity contribution in [3.05, 3.63) is 101 Å². The molecular formula is C44H56O9. The average molecular weight is 729 g/mol. The molecule has 5 unspecified atom stereocenters. The fourth-order valence-electron chi connectivity index (χ4n) is 8.39. The van der Waals surface area contributed by atoms with Crippen molar-refractivity contribution in [1.29, 1.82) is 0 Å². The molecule has 1 aliphatic carbocycles. The number of hydrogen-bond donors (Lipinski definition) is 2. The molecule has 2 bridgehead atoms. The van der Waals surface area contributed by atoms with E-state index in [9.17, 15) is 19.8 Å². The van der Waals surface area contributed by atoms with Crippen LogP contribution in [0.5, 0.6) is 0 Å². The molecule has 0 radical (unpaired) electrons. The van der Waals surface area contributed by atoms with E-state index in [0.717, 1.165) is 23.1 Å². The van der Waals surface area contributed by atoms with Crippen molar-refractivity contribution in [2.45, 2.75) is 122 Å². The van der Waals surface area contributed by atoms with Gasteiger partial charge in [-0.15, -0.1) is 0 Å². The van der Waals surface area contributed by atoms with Crippen LogP contribution in [-0.2, 0) is 33.3 Å². The Morgan fingerprint density at radius 2 is 1.85 bits per heavy atom. The molecule has 0 saturated carbocycles. The lowest BCUT2D eigenvalue weighted by atomic mass is 9.70. The summed E-state index contributed by atoms with van der Waals surface area (Å²) in [7, 11) is 0. The topological polar surface area (TPSA) is 121 Å². The highest BCUT2D eigenvalue weighted by molar-refractivity contribution is 5.88. The lowest BCUT2D eigenvalue weighted by Gasteiger charge is -2.48. The van der Waals surface area contributed by atoms with Crippen LogP contribution >= 0.6 is 0 Å². The van der Waals surface area contributed by atoms with Gasteiger partial charge < -0.3 is 33.9 Å². The Hall–Kier alpha value is -3.60. The first-order valence-electron chi connectivity index (χ1n) is 19.2. The lowest BCUT2D eigenvalue weighted by molar-refractivity contribution is -0.300. The zero-order valence-corrected chi connectivity index (χ0v) is 32.1. The van der Waals surface area contributed by atoms with E-state index >= 15 is 0 Å². The summed E-state index contributed by atoms with van der Waals surface area (Å²) < 4.78 is 32.0. The zero-order chi connectivity index (χ0) is 38.1. The molecule has 1 aromatic carbocycles. The molecule has 1 aromatic rings. The van der Waals surface area contributed by atoms with E-state index in [1.807, 2.05) is 63.3 Å². The summed E-state index contributed by atoms with van der Waals surface area (Å²) in [6, 6.07) is 7.70. The number of allylic oxidation sites excluding steroid dienone is 2. The van der Waals surface area contributed by atoms with Gasteiger partial charge in [0.05, 0.1) is 24.9 Å². The van der Waals surface area contributed by atoms with Crippen LogP contribution in [-0.4, -0.2) is 76.8 Å². The number of aliphatic hydroxyl groups excluding tert-OH is 1. The molecule has 1 spiro atoms. The van der Waals surface area contributed by atoms with Gasteiger partial charge in [-0.2, -0.15) is 0 Å². The summed E-state index contributed by atoms with van der Waals surface area (Å²) in [4.78, 5) is 27.6. The van der Waals surface area contributed by atoms with Crippen molar-refractivity contribution < 1.29 is 43.5 Å². The second kappa shape index (κ2) is 16.0. The van der Waals surface area contributed by atoms with E-state index in [0.29, 0.717) is 30.4 Å². The predicted octanol–water partition coefficient (Wildman–Crippen LogP) is 6.88. The predicted molar refractivity (Wildman–Crippen MR) is 202 cm³/mol. The monoisotopic (exact) mass is 728 g/mol. The third kappa shape index (κ3) is 8.10. The number of esters is 2. The molecule has 5 aliphatic rings. The Kier molecular flexibility index (Phi) is 11.8. The highest BCUT2D eigenvalue weighted by Gasteiger charge is 2.61. The minimum atomic E-state index is -1.87. The summed E-state index contributed by atoms with van der Waals surface area (Å²) >= 11 is 0. The van der Waals surface area contributed by atoms with Gasteiger partial charge in [-0.25, -0.2) is 4.79 Å². The number of rotatable bonds is 5. The second-order valence-electron chi connectivity index (χ2n) is 15.8. The molecule has 9 nitrogen and oxygen atoms in total. The Balaban J connectivity index is 1.35. The highest BCUT2D eigenvalue weighted by Crippen LogP contribution is 2.47. The van der Waals surface area contributed by atoms with E-state index < -0.39 is 53.7 Å². The minimum Gasteiger partial charge on any atom is -0.462 e. The van der Waals surface area contributed by atoms with Crippen molar-refractivity contribution in [2.24, 2.45) is 23.7 Å². The van der Waals surface area contributed by atoms with Crippen LogP contribution in [0.1, 0.15) is 78.4 Å². The number of carbonyl (C=O) groups is 2. The van der Waals surface area contributed by atoms with Crippen LogP contribution in [0, 0.1) is 30.6 Å². The molecular weight excluding hydrogens is 672 g/mol. The molecule has 53 heavy (non-hydrogen) atoms. The van der Waals surface area contributed by atoms with Gasteiger partial charge >= 0.3 is 11.9 Å². The van der Waals surface area contributed by atoms with Crippen LogP contribution < -0.4 is 0 Å². The van der Waals surface area contributed by atoms with Gasteiger partial charge in [0.25, 0.3) is 0 Å². The van der Waals surface area contributed by atoms with Crippen LogP contribution in [0.3, 0.4) is 0 Å². The van der Waals surface area contributed by atoms with E-state index in [2.05, 4.69) is 26.8 Å². The van der Waals surface area contributed by atoms with E-state index in [1.165, 1.54) is 6.08 Å². The standard InChI is InChI=1S/C44H56O9/c1-8-26(2)39-30(6)20-21-43(53-39)24-35-23-34(52-43)18-16-29(5)38(46)28(4)13-11-15-33-25-49-41-40(31(7)22-36(42(47)50-35)44(33,41)48)51-37(45)19-17-32-14-10-9-12-27(32)3/h9-17,19-22,26,28,30,34-36,38-41,46,48H,8,18,23-25H2,1-7H3/b13-11+,19-17+,29-16+,33-15+/t26-,28-,30-,34?,35?,36?,38-,39?,40+,41?,43+,44+/m0/s1. The summed E-state index contributed by atoms with van der Waals surface area (Å²) in [6.45, 7) is 14.0. The molecule has 0 amide bonds. The van der Waals surface area contributed by atoms with Crippen molar-refractivity contribution in [2.75, 3.05) is 6.61 Å². The van der Waals surface area contributed by atoms with Crippen LogP contribution in [0.4, 0.5) is 0 Å². The Labute approximate surface area is 314 Å². The van der Waals surface area contributed by atoms with Gasteiger partial charge in [0, 0.05) is 30.8 Å². The van der Waals surface area contributed by atoms with Gasteiger partial charge in [-0.05, 0) is 73.1 Å². The normalized spacial score (nSPS) is 40.7. The van der Waals surface area contributed by atoms with Crippen LogP contribution in [0.25, 0.3) is 6.08 Å². The van der Waals surface area contributed by atoms with E-state index in [-0.39, 0.29) is 36.6 Å². The molecule has 6 rings (SSSR count). The number of aryl methyl sites for hydroxylation is 1. The molecule has 286 valence electrons. The largest absolute Gasteiger partial charge is 0.462 e. The molecule has 2 saturated heterocycles. The number of aliphatic hydroxyl groups is 2. The summed E-state index contributed by atoms with van der Waals surface area (Å²) in [6.07, 6.45) is 14.5. The highest BCUT2D eigenvalue weighted by atomic mass is 16.7. The quantitative estimate of drug-likeness (QED) is 0.190. The fourth-order valence-corrected chi connectivity index (χ4v) is 8.39.